The van der Waals surface area contributed by atoms with Gasteiger partial charge in [0.05, 0.1) is 0 Å². The molecule has 0 bridgehead atoms. The van der Waals surface area contributed by atoms with Gasteiger partial charge in [0.25, 0.3) is 5.91 Å². The zero-order chi connectivity index (χ0) is 15.6. The Balaban J connectivity index is 1.40. The van der Waals surface area contributed by atoms with Crippen molar-refractivity contribution in [3.63, 3.8) is 0 Å². The molecule has 1 aliphatic rings. The lowest BCUT2D eigenvalue weighted by atomic mass is 10.1. The van der Waals surface area contributed by atoms with Crippen LogP contribution in [-0.2, 0) is 6.54 Å². The number of hydrogen-bond acceptors (Lipinski definition) is 4. The third-order valence-corrected chi connectivity index (χ3v) is 4.36. The Morgan fingerprint density at radius 1 is 1.17 bits per heavy atom. The molecule has 0 saturated carbocycles. The number of amides is 1. The van der Waals surface area contributed by atoms with Gasteiger partial charge in [0, 0.05) is 49.8 Å². The van der Waals surface area contributed by atoms with Crippen LogP contribution >= 0.6 is 0 Å². The Labute approximate surface area is 133 Å². The van der Waals surface area contributed by atoms with Crippen LogP contribution < -0.4 is 0 Å². The second-order valence-electron chi connectivity index (χ2n) is 5.76. The summed E-state index contributed by atoms with van der Waals surface area (Å²) in [6.07, 6.45) is 3.34. The van der Waals surface area contributed by atoms with Crippen LogP contribution in [-0.4, -0.2) is 62.1 Å². The van der Waals surface area contributed by atoms with Gasteiger partial charge in [0.2, 0.25) is 5.82 Å². The van der Waals surface area contributed by atoms with Crippen molar-refractivity contribution in [2.75, 3.05) is 26.2 Å². The van der Waals surface area contributed by atoms with Crippen molar-refractivity contribution < 1.29 is 4.79 Å². The zero-order valence-electron chi connectivity index (χ0n) is 12.7. The molecule has 0 spiro atoms. The lowest BCUT2D eigenvalue weighted by Crippen LogP contribution is -2.48. The molecule has 1 amide bonds. The van der Waals surface area contributed by atoms with Gasteiger partial charge in [0.15, 0.2) is 0 Å². The second kappa shape index (κ2) is 5.85. The molecule has 23 heavy (non-hydrogen) atoms. The maximum atomic E-state index is 12.2. The lowest BCUT2D eigenvalue weighted by molar-refractivity contribution is 0.0617. The van der Waals surface area contributed by atoms with Gasteiger partial charge in [-0.2, -0.15) is 5.10 Å². The number of aromatic nitrogens is 4. The molecule has 4 rings (SSSR count). The molecular formula is C16H18N6O. The number of nitrogens with one attached hydrogen (secondary N) is 2. The lowest BCUT2D eigenvalue weighted by Gasteiger charge is -2.34. The first-order chi connectivity index (χ1) is 11.3. The minimum Gasteiger partial charge on any atom is -0.361 e. The Morgan fingerprint density at radius 3 is 2.83 bits per heavy atom. The van der Waals surface area contributed by atoms with Gasteiger partial charge in [-0.15, -0.1) is 0 Å². The van der Waals surface area contributed by atoms with E-state index in [2.05, 4.69) is 49.3 Å². The Kier molecular flexibility index (Phi) is 3.55. The van der Waals surface area contributed by atoms with Gasteiger partial charge in [-0.25, -0.2) is 4.98 Å². The highest BCUT2D eigenvalue weighted by molar-refractivity contribution is 5.90. The van der Waals surface area contributed by atoms with Gasteiger partial charge < -0.3 is 9.88 Å². The molecule has 7 nitrogen and oxygen atoms in total. The van der Waals surface area contributed by atoms with Gasteiger partial charge in [-0.1, -0.05) is 12.1 Å². The molecule has 0 atom stereocenters. The molecule has 2 aromatic heterocycles. The minimum atomic E-state index is -0.0742. The highest BCUT2D eigenvalue weighted by Crippen LogP contribution is 2.19. The highest BCUT2D eigenvalue weighted by atomic mass is 16.2. The smallest absolute Gasteiger partial charge is 0.291 e. The maximum absolute atomic E-state index is 12.2. The molecule has 118 valence electrons. The summed E-state index contributed by atoms with van der Waals surface area (Å²) in [5, 5.41) is 7.64. The summed E-state index contributed by atoms with van der Waals surface area (Å²) in [4.78, 5) is 23.6. The molecule has 1 fully saturated rings. The number of nitrogens with zero attached hydrogens (tertiary/aromatic N) is 4. The van der Waals surface area contributed by atoms with Gasteiger partial charge >= 0.3 is 0 Å². The summed E-state index contributed by atoms with van der Waals surface area (Å²) < 4.78 is 0. The fourth-order valence-corrected chi connectivity index (χ4v) is 3.10. The Bertz CT molecular complexity index is 801. The van der Waals surface area contributed by atoms with Crippen LogP contribution in [0.3, 0.4) is 0 Å². The number of fused-ring (bicyclic) bond motifs is 1. The first-order valence-corrected chi connectivity index (χ1v) is 7.73. The minimum absolute atomic E-state index is 0.0742. The van der Waals surface area contributed by atoms with E-state index in [0.29, 0.717) is 18.9 Å². The topological polar surface area (TPSA) is 80.9 Å². The van der Waals surface area contributed by atoms with Crippen LogP contribution in [0.15, 0.2) is 36.8 Å². The number of H-pyrrole nitrogens is 2. The predicted molar refractivity (Wildman–Crippen MR) is 85.9 cm³/mol. The van der Waals surface area contributed by atoms with Crippen LogP contribution in [0.25, 0.3) is 10.9 Å². The first kappa shape index (κ1) is 14.0. The van der Waals surface area contributed by atoms with Crippen LogP contribution in [0.5, 0.6) is 0 Å². The van der Waals surface area contributed by atoms with Crippen molar-refractivity contribution in [2.24, 2.45) is 0 Å². The van der Waals surface area contributed by atoms with E-state index in [-0.39, 0.29) is 5.91 Å². The van der Waals surface area contributed by atoms with Crippen molar-refractivity contribution in [1.29, 1.82) is 0 Å². The largest absolute Gasteiger partial charge is 0.361 e. The molecule has 0 aliphatic carbocycles. The standard InChI is InChI=1S/C16H18N6O/c23-16(15-18-11-19-20-15)22-8-6-21(7-9-22)10-12-2-1-3-14-13(12)4-5-17-14/h1-5,11,17H,6-10H2,(H,18,19,20). The van der Waals surface area contributed by atoms with Crippen molar-refractivity contribution in [3.05, 3.63) is 48.2 Å². The average molecular weight is 310 g/mol. The van der Waals surface area contributed by atoms with E-state index in [1.165, 1.54) is 22.8 Å². The summed E-state index contributed by atoms with van der Waals surface area (Å²) in [7, 11) is 0. The van der Waals surface area contributed by atoms with E-state index in [1.807, 2.05) is 11.1 Å². The number of rotatable bonds is 3. The number of carbonyl (C=O) groups is 1. The van der Waals surface area contributed by atoms with Crippen LogP contribution in [0.2, 0.25) is 0 Å². The number of hydrogen-bond donors (Lipinski definition) is 2. The normalized spacial score (nSPS) is 16.1. The average Bonchev–Trinajstić information content (AvgIpc) is 3.27. The van der Waals surface area contributed by atoms with E-state index in [4.69, 9.17) is 0 Å². The van der Waals surface area contributed by atoms with E-state index in [0.717, 1.165) is 19.6 Å². The van der Waals surface area contributed by atoms with E-state index in [9.17, 15) is 4.79 Å². The molecule has 3 aromatic rings. The third-order valence-electron chi connectivity index (χ3n) is 4.36. The number of carbonyl (C=O) groups excluding carboxylic acids is 1. The summed E-state index contributed by atoms with van der Waals surface area (Å²) in [5.41, 5.74) is 2.49. The van der Waals surface area contributed by atoms with Crippen molar-refractivity contribution in [1.82, 2.24) is 30.0 Å². The van der Waals surface area contributed by atoms with Crippen LogP contribution in [0, 0.1) is 0 Å². The quantitative estimate of drug-likeness (QED) is 0.763. The van der Waals surface area contributed by atoms with Crippen molar-refractivity contribution in [3.8, 4) is 0 Å². The molecule has 7 heteroatoms. The fourth-order valence-electron chi connectivity index (χ4n) is 3.10. The fraction of sp³-hybridized carbons (Fsp3) is 0.312. The van der Waals surface area contributed by atoms with Gasteiger partial charge in [-0.3, -0.25) is 14.8 Å². The molecular weight excluding hydrogens is 292 g/mol. The van der Waals surface area contributed by atoms with E-state index in [1.54, 1.807) is 0 Å². The monoisotopic (exact) mass is 310 g/mol. The number of aromatic amines is 2. The number of benzene rings is 1. The van der Waals surface area contributed by atoms with Crippen LogP contribution in [0.4, 0.5) is 0 Å². The second-order valence-corrected chi connectivity index (χ2v) is 5.76. The molecule has 0 radical (unpaired) electrons. The predicted octanol–water partition coefficient (Wildman–Crippen LogP) is 1.24. The molecule has 1 aromatic carbocycles. The molecule has 0 unspecified atom stereocenters. The molecule has 1 aliphatic heterocycles. The van der Waals surface area contributed by atoms with Crippen molar-refractivity contribution in [2.45, 2.75) is 6.54 Å². The molecule has 2 N–H and O–H groups in total. The Hall–Kier alpha value is -2.67. The molecule has 3 heterocycles. The Morgan fingerprint density at radius 2 is 2.04 bits per heavy atom. The summed E-state index contributed by atoms with van der Waals surface area (Å²) in [6.45, 7) is 4.05. The maximum Gasteiger partial charge on any atom is 0.291 e. The SMILES string of the molecule is O=C(c1ncn[nH]1)N1CCN(Cc2cccc3[nH]ccc23)CC1. The van der Waals surface area contributed by atoms with Crippen LogP contribution in [0.1, 0.15) is 16.2 Å². The van der Waals surface area contributed by atoms with Gasteiger partial charge in [-0.05, 0) is 17.7 Å². The van der Waals surface area contributed by atoms with E-state index >= 15 is 0 Å². The highest BCUT2D eigenvalue weighted by Gasteiger charge is 2.24. The summed E-state index contributed by atoms with van der Waals surface area (Å²) in [6, 6.07) is 8.46. The van der Waals surface area contributed by atoms with Crippen molar-refractivity contribution >= 4 is 16.8 Å². The number of piperazine rings is 1. The summed E-state index contributed by atoms with van der Waals surface area (Å²) in [5.74, 6) is 0.241. The molecule has 1 saturated heterocycles. The first-order valence-electron chi connectivity index (χ1n) is 7.73. The summed E-state index contributed by atoms with van der Waals surface area (Å²) >= 11 is 0. The van der Waals surface area contributed by atoms with Gasteiger partial charge in [0.1, 0.15) is 6.33 Å². The third kappa shape index (κ3) is 2.70. The van der Waals surface area contributed by atoms with E-state index < -0.39 is 0 Å². The zero-order valence-corrected chi connectivity index (χ0v) is 12.7.